The maximum atomic E-state index is 6.43. The third kappa shape index (κ3) is 5.10. The van der Waals surface area contributed by atoms with Gasteiger partial charge in [0, 0.05) is 50.4 Å². The topological polar surface area (TPSA) is 21.3 Å². The molecule has 2 aromatic heterocycles. The molecule has 7 aromatic carbocycles. The maximum absolute atomic E-state index is 6.43. The van der Waals surface area contributed by atoms with Crippen LogP contribution in [-0.4, -0.2) is 4.57 Å². The number of nitrogens with zero attached hydrogens (tertiary/aromatic N) is 2. The summed E-state index contributed by atoms with van der Waals surface area (Å²) < 4.78 is 8.90. The fourth-order valence-electron chi connectivity index (χ4n) is 8.83. The Morgan fingerprint density at radius 2 is 1.04 bits per heavy atom. The van der Waals surface area contributed by atoms with Gasteiger partial charge in [-0.15, -0.1) is 0 Å². The lowest BCUT2D eigenvalue weighted by Crippen LogP contribution is -2.33. The molecular weight excluding hydrogens is 645 g/mol. The smallest absolute Gasteiger partial charge is 0.137 e. The molecule has 53 heavy (non-hydrogen) atoms. The Labute approximate surface area is 310 Å². The fourth-order valence-corrected chi connectivity index (χ4v) is 8.83. The first-order valence-corrected chi connectivity index (χ1v) is 18.8. The van der Waals surface area contributed by atoms with E-state index in [9.17, 15) is 0 Å². The van der Waals surface area contributed by atoms with Crippen LogP contribution in [0.1, 0.15) is 51.7 Å². The second-order valence-electron chi connectivity index (χ2n) is 16.1. The molecule has 0 aliphatic heterocycles. The van der Waals surface area contributed by atoms with Gasteiger partial charge in [0.1, 0.15) is 11.2 Å². The Balaban J connectivity index is 1.19. The van der Waals surface area contributed by atoms with Gasteiger partial charge in [-0.25, -0.2) is 0 Å². The Hall–Kier alpha value is -6.06. The van der Waals surface area contributed by atoms with Crippen LogP contribution >= 0.6 is 0 Å². The average Bonchev–Trinajstić information content (AvgIpc) is 3.72. The molecule has 9 aromatic rings. The first kappa shape index (κ1) is 31.7. The standard InChI is InChI=1S/C50H42N2O/c1-49(2)28-29-50(3,4)44-30-36(24-27-43(44)49)52-45-16-10-8-14-39(45)40-25-22-37(31-46(40)52)51(35-20-18-34(19-21-35)33-12-6-5-7-13-33)38-23-26-42-41-15-9-11-17-47(41)53-48(42)32-38/h5-27,30-32H,28-29H2,1-4H3. The zero-order valence-electron chi connectivity index (χ0n) is 30.7. The molecule has 0 saturated carbocycles. The van der Waals surface area contributed by atoms with Gasteiger partial charge in [0.05, 0.1) is 11.0 Å². The fraction of sp³-hybridized carbons (Fsp3) is 0.160. The van der Waals surface area contributed by atoms with Crippen LogP contribution in [0.3, 0.4) is 0 Å². The lowest BCUT2D eigenvalue weighted by Gasteiger charge is -2.42. The molecule has 1 aliphatic carbocycles. The van der Waals surface area contributed by atoms with Crippen LogP contribution in [0.2, 0.25) is 0 Å². The van der Waals surface area contributed by atoms with Gasteiger partial charge in [-0.05, 0) is 107 Å². The summed E-state index contributed by atoms with van der Waals surface area (Å²) in [6.07, 6.45) is 2.38. The van der Waals surface area contributed by atoms with Gasteiger partial charge in [0.2, 0.25) is 0 Å². The summed E-state index contributed by atoms with van der Waals surface area (Å²) in [6.45, 7) is 9.62. The highest BCUT2D eigenvalue weighted by atomic mass is 16.3. The van der Waals surface area contributed by atoms with Crippen LogP contribution in [0, 0.1) is 0 Å². The normalized spacial score (nSPS) is 14.9. The van der Waals surface area contributed by atoms with E-state index in [-0.39, 0.29) is 10.8 Å². The van der Waals surface area contributed by atoms with E-state index < -0.39 is 0 Å². The van der Waals surface area contributed by atoms with Crippen molar-refractivity contribution in [3.63, 3.8) is 0 Å². The molecule has 0 unspecified atom stereocenters. The number of anilines is 3. The summed E-state index contributed by atoms with van der Waals surface area (Å²) in [6, 6.07) is 57.4. The number of hydrogen-bond donors (Lipinski definition) is 0. The van der Waals surface area contributed by atoms with E-state index in [0.717, 1.165) is 39.0 Å². The third-order valence-corrected chi connectivity index (χ3v) is 11.9. The van der Waals surface area contributed by atoms with E-state index >= 15 is 0 Å². The van der Waals surface area contributed by atoms with Gasteiger partial charge >= 0.3 is 0 Å². The number of benzene rings is 7. The summed E-state index contributed by atoms with van der Waals surface area (Å²) in [5.41, 5.74) is 14.2. The Morgan fingerprint density at radius 3 is 1.83 bits per heavy atom. The summed E-state index contributed by atoms with van der Waals surface area (Å²) >= 11 is 0. The minimum Gasteiger partial charge on any atom is -0.456 e. The van der Waals surface area contributed by atoms with Crippen LogP contribution in [0.15, 0.2) is 162 Å². The van der Waals surface area contributed by atoms with Crippen molar-refractivity contribution >= 4 is 60.8 Å². The first-order valence-electron chi connectivity index (χ1n) is 18.8. The third-order valence-electron chi connectivity index (χ3n) is 11.9. The van der Waals surface area contributed by atoms with Gasteiger partial charge in [-0.3, -0.25) is 0 Å². The molecule has 3 heteroatoms. The van der Waals surface area contributed by atoms with Gasteiger partial charge in [0.25, 0.3) is 0 Å². The molecule has 0 spiro atoms. The lowest BCUT2D eigenvalue weighted by molar-refractivity contribution is 0.332. The molecule has 1 aliphatic rings. The lowest BCUT2D eigenvalue weighted by atomic mass is 9.63. The van der Waals surface area contributed by atoms with Gasteiger partial charge in [-0.2, -0.15) is 0 Å². The molecule has 0 radical (unpaired) electrons. The van der Waals surface area contributed by atoms with Crippen molar-refractivity contribution < 1.29 is 4.42 Å². The summed E-state index contributed by atoms with van der Waals surface area (Å²) in [7, 11) is 0. The van der Waals surface area contributed by atoms with Crippen LogP contribution in [0.4, 0.5) is 17.1 Å². The quantitative estimate of drug-likeness (QED) is 0.180. The van der Waals surface area contributed by atoms with E-state index in [1.807, 2.05) is 12.1 Å². The predicted octanol–water partition coefficient (Wildman–Crippen LogP) is 14.2. The number of fused-ring (bicyclic) bond motifs is 7. The minimum absolute atomic E-state index is 0.114. The summed E-state index contributed by atoms with van der Waals surface area (Å²) in [4.78, 5) is 2.36. The predicted molar refractivity (Wildman–Crippen MR) is 223 cm³/mol. The van der Waals surface area contributed by atoms with Gasteiger partial charge in [0.15, 0.2) is 0 Å². The van der Waals surface area contributed by atoms with Crippen LogP contribution in [-0.2, 0) is 10.8 Å². The van der Waals surface area contributed by atoms with Crippen LogP contribution in [0.5, 0.6) is 0 Å². The molecule has 3 nitrogen and oxygen atoms in total. The zero-order chi connectivity index (χ0) is 35.9. The highest BCUT2D eigenvalue weighted by molar-refractivity contribution is 6.11. The Kier molecular flexibility index (Phi) is 7.01. The summed E-state index contributed by atoms with van der Waals surface area (Å²) in [5, 5.41) is 4.76. The van der Waals surface area contributed by atoms with Crippen LogP contribution < -0.4 is 4.90 Å². The van der Waals surface area contributed by atoms with E-state index in [0.29, 0.717) is 0 Å². The monoisotopic (exact) mass is 686 g/mol. The SMILES string of the molecule is CC1(C)CCC(C)(C)c2cc(-n3c4ccccc4c4ccc(N(c5ccc(-c6ccccc6)cc5)c5ccc6c(c5)oc5ccccc56)cc43)ccc21. The molecule has 258 valence electrons. The first-order chi connectivity index (χ1) is 25.7. The highest BCUT2D eigenvalue weighted by Crippen LogP contribution is 2.47. The molecule has 0 saturated heterocycles. The maximum Gasteiger partial charge on any atom is 0.137 e. The molecule has 0 bridgehead atoms. The molecular formula is C50H42N2O. The van der Waals surface area contributed by atoms with E-state index in [4.69, 9.17) is 4.42 Å². The zero-order valence-corrected chi connectivity index (χ0v) is 30.7. The number of hydrogen-bond acceptors (Lipinski definition) is 2. The number of furan rings is 1. The van der Waals surface area contributed by atoms with Crippen molar-refractivity contribution in [2.24, 2.45) is 0 Å². The van der Waals surface area contributed by atoms with E-state index in [1.54, 1.807) is 0 Å². The van der Waals surface area contributed by atoms with Gasteiger partial charge < -0.3 is 13.9 Å². The van der Waals surface area contributed by atoms with Crippen molar-refractivity contribution in [3.8, 4) is 16.8 Å². The molecule has 2 heterocycles. The number of aromatic nitrogens is 1. The molecule has 0 amide bonds. The minimum atomic E-state index is 0.114. The number of rotatable bonds is 5. The van der Waals surface area contributed by atoms with E-state index in [1.165, 1.54) is 62.6 Å². The average molecular weight is 687 g/mol. The summed E-state index contributed by atoms with van der Waals surface area (Å²) in [5.74, 6) is 0. The highest BCUT2D eigenvalue weighted by Gasteiger charge is 2.37. The van der Waals surface area contributed by atoms with Crippen LogP contribution in [0.25, 0.3) is 60.6 Å². The molecule has 10 rings (SSSR count). The molecule has 0 atom stereocenters. The van der Waals surface area contributed by atoms with Crippen molar-refractivity contribution in [1.29, 1.82) is 0 Å². The van der Waals surface area contributed by atoms with Crippen molar-refractivity contribution in [2.75, 3.05) is 4.90 Å². The number of para-hydroxylation sites is 2. The van der Waals surface area contributed by atoms with Crippen molar-refractivity contribution in [1.82, 2.24) is 4.57 Å². The largest absolute Gasteiger partial charge is 0.456 e. The van der Waals surface area contributed by atoms with Crippen molar-refractivity contribution in [3.05, 3.63) is 169 Å². The van der Waals surface area contributed by atoms with E-state index in [2.05, 4.69) is 183 Å². The molecule has 0 N–H and O–H groups in total. The molecule has 0 fully saturated rings. The van der Waals surface area contributed by atoms with Crippen molar-refractivity contribution in [2.45, 2.75) is 51.4 Å². The Bertz CT molecular complexity index is 2830. The van der Waals surface area contributed by atoms with Gasteiger partial charge in [-0.1, -0.05) is 119 Å². The Morgan fingerprint density at radius 1 is 0.453 bits per heavy atom. The second-order valence-corrected chi connectivity index (χ2v) is 16.1. The second kappa shape index (κ2) is 11.7.